The summed E-state index contributed by atoms with van der Waals surface area (Å²) in [7, 11) is 3.88. The lowest BCUT2D eigenvalue weighted by Gasteiger charge is -2.15. The van der Waals surface area contributed by atoms with Crippen molar-refractivity contribution < 1.29 is 9.59 Å². The summed E-state index contributed by atoms with van der Waals surface area (Å²) in [6.07, 6.45) is 3.51. The van der Waals surface area contributed by atoms with E-state index in [4.69, 9.17) is 11.5 Å². The number of anilines is 4. The molecule has 0 bridgehead atoms. The average molecular weight is 893 g/mol. The van der Waals surface area contributed by atoms with Crippen LogP contribution in [0.3, 0.4) is 0 Å². The number of carbonyl (C=O) groups is 2. The van der Waals surface area contributed by atoms with Crippen molar-refractivity contribution >= 4 is 80.4 Å². The van der Waals surface area contributed by atoms with Crippen molar-refractivity contribution in [2.45, 2.75) is 65.2 Å². The Morgan fingerprint density at radius 3 is 1.27 bits per heavy atom. The molecule has 0 radical (unpaired) electrons. The van der Waals surface area contributed by atoms with Crippen molar-refractivity contribution in [1.82, 2.24) is 39.0 Å². The van der Waals surface area contributed by atoms with Crippen molar-refractivity contribution in [3.05, 3.63) is 118 Å². The molecule has 8 aromatic rings. The Morgan fingerprint density at radius 1 is 0.578 bits per heavy atom. The van der Waals surface area contributed by atoms with Gasteiger partial charge in [-0.15, -0.1) is 23.5 Å². The van der Waals surface area contributed by atoms with Crippen LogP contribution in [-0.4, -0.2) is 62.4 Å². The number of fused-ring (bicyclic) bond motifs is 2. The molecule has 0 atom stereocenters. The van der Waals surface area contributed by atoms with Gasteiger partial charge in [0.25, 0.3) is 11.8 Å². The van der Waals surface area contributed by atoms with E-state index in [1.165, 1.54) is 32.0 Å². The predicted octanol–water partition coefficient (Wildman–Crippen LogP) is 9.82. The molecule has 4 heterocycles. The van der Waals surface area contributed by atoms with Crippen molar-refractivity contribution in [3.63, 3.8) is 0 Å². The minimum atomic E-state index is -0.638. The second kappa shape index (κ2) is 18.9. The fraction of sp³-hybridized carbons (Fsp3) is 0.250. The summed E-state index contributed by atoms with van der Waals surface area (Å²) in [5.41, 5.74) is 25.7. The first-order valence-corrected chi connectivity index (χ1v) is 22.8. The van der Waals surface area contributed by atoms with E-state index < -0.39 is 11.8 Å². The number of hydrogen-bond acceptors (Lipinski definition) is 12. The van der Waals surface area contributed by atoms with Gasteiger partial charge in [-0.2, -0.15) is 0 Å². The summed E-state index contributed by atoms with van der Waals surface area (Å²) in [5, 5.41) is 6.52. The molecule has 0 aliphatic heterocycles. The highest BCUT2D eigenvalue weighted by molar-refractivity contribution is 7.99. The molecule has 64 heavy (non-hydrogen) atoms. The molecule has 4 aromatic carbocycles. The number of aryl methyl sites for hydroxylation is 8. The zero-order valence-corrected chi connectivity index (χ0v) is 39.3. The van der Waals surface area contributed by atoms with Gasteiger partial charge in [-0.3, -0.25) is 9.59 Å². The average Bonchev–Trinajstić information content (AvgIpc) is 3.82. The molecule has 0 aliphatic rings. The van der Waals surface area contributed by atoms with Gasteiger partial charge in [0.15, 0.2) is 23.0 Å². The molecule has 0 unspecified atom stereocenters. The molecule has 0 saturated heterocycles. The van der Waals surface area contributed by atoms with E-state index in [2.05, 4.69) is 106 Å². The number of nitrogens with two attached hydrogens (primary N) is 2. The Bertz CT molecular complexity index is 2850. The van der Waals surface area contributed by atoms with Crippen LogP contribution < -0.4 is 22.1 Å². The van der Waals surface area contributed by atoms with E-state index >= 15 is 0 Å². The van der Waals surface area contributed by atoms with Gasteiger partial charge in [-0.1, -0.05) is 38.1 Å². The van der Waals surface area contributed by atoms with Crippen LogP contribution in [0.4, 0.5) is 23.0 Å². The van der Waals surface area contributed by atoms with Crippen LogP contribution in [0.15, 0.2) is 83.1 Å². The third-order valence-electron chi connectivity index (χ3n) is 10.7. The first-order chi connectivity index (χ1) is 30.6. The highest BCUT2D eigenvalue weighted by Gasteiger charge is 2.22. The summed E-state index contributed by atoms with van der Waals surface area (Å²) in [6, 6.07) is 19.9. The molecule has 0 spiro atoms. The van der Waals surface area contributed by atoms with E-state index in [0.29, 0.717) is 34.4 Å². The minimum absolute atomic E-state index is 0.0980. The number of thioether (sulfide) groups is 2. The van der Waals surface area contributed by atoms with E-state index in [-0.39, 0.29) is 11.4 Å². The lowest BCUT2D eigenvalue weighted by molar-refractivity contribution is 0.0988. The normalized spacial score (nSPS) is 11.2. The van der Waals surface area contributed by atoms with Gasteiger partial charge < -0.3 is 31.2 Å². The number of hydrogen-bond donors (Lipinski definition) is 4. The molecular weight excluding hydrogens is 841 g/mol. The molecular formula is C48H52N12O2S2. The van der Waals surface area contributed by atoms with E-state index in [1.807, 2.05) is 97.0 Å². The molecule has 0 fully saturated rings. The number of benzene rings is 4. The SMILES string of the molecule is CCSc1c(C)cc(Nc2nc(C)c(-c3cccc4c3ncn4C)nc2C(N)=O)cc1C.CCSc1c(C)cc(Nc2nc(C)c(-c3cccc4c3ncn4C)nc2C(N)=O)cc1C. The summed E-state index contributed by atoms with van der Waals surface area (Å²) in [5.74, 6) is 1.44. The number of imidazole rings is 2. The zero-order chi connectivity index (χ0) is 46.0. The van der Waals surface area contributed by atoms with Gasteiger partial charge >= 0.3 is 0 Å². The summed E-state index contributed by atoms with van der Waals surface area (Å²) >= 11 is 3.64. The van der Waals surface area contributed by atoms with Crippen molar-refractivity contribution in [1.29, 1.82) is 0 Å². The monoisotopic (exact) mass is 892 g/mol. The van der Waals surface area contributed by atoms with Gasteiger partial charge in [0, 0.05) is 46.4 Å². The van der Waals surface area contributed by atoms with Crippen molar-refractivity contribution in [2.24, 2.45) is 25.6 Å². The third kappa shape index (κ3) is 9.15. The molecule has 8 rings (SSSR count). The molecule has 6 N–H and O–H groups in total. The van der Waals surface area contributed by atoms with Crippen molar-refractivity contribution in [3.8, 4) is 22.5 Å². The molecule has 14 nitrogen and oxygen atoms in total. The summed E-state index contributed by atoms with van der Waals surface area (Å²) in [4.78, 5) is 54.8. The highest BCUT2D eigenvalue weighted by Crippen LogP contribution is 2.35. The largest absolute Gasteiger partial charge is 0.364 e. The number of rotatable bonds is 12. The number of aromatic nitrogens is 8. The van der Waals surface area contributed by atoms with Gasteiger partial charge in [0.05, 0.1) is 57.5 Å². The molecule has 2 amide bonds. The van der Waals surface area contributed by atoms with Crippen LogP contribution in [0.2, 0.25) is 0 Å². The van der Waals surface area contributed by atoms with Gasteiger partial charge in [-0.05, 0) is 112 Å². The zero-order valence-electron chi connectivity index (χ0n) is 37.7. The Balaban J connectivity index is 0.000000191. The number of nitrogens with one attached hydrogen (secondary N) is 2. The number of nitrogens with zero attached hydrogens (tertiary/aromatic N) is 8. The Labute approximate surface area is 381 Å². The van der Waals surface area contributed by atoms with Crippen LogP contribution in [0, 0.1) is 41.5 Å². The second-order valence-electron chi connectivity index (χ2n) is 15.5. The van der Waals surface area contributed by atoms with Crippen LogP contribution >= 0.6 is 23.5 Å². The minimum Gasteiger partial charge on any atom is -0.364 e. The van der Waals surface area contributed by atoms with Crippen LogP contribution in [-0.2, 0) is 14.1 Å². The Morgan fingerprint density at radius 2 is 0.938 bits per heavy atom. The smallest absolute Gasteiger partial charge is 0.271 e. The quantitative estimate of drug-likeness (QED) is 0.0849. The molecule has 0 saturated carbocycles. The molecule has 4 aromatic heterocycles. The fourth-order valence-corrected chi connectivity index (χ4v) is 9.55. The van der Waals surface area contributed by atoms with Gasteiger partial charge in [0.1, 0.15) is 0 Å². The first kappa shape index (κ1) is 45.3. The Kier molecular flexibility index (Phi) is 13.4. The van der Waals surface area contributed by atoms with E-state index in [9.17, 15) is 9.59 Å². The molecule has 328 valence electrons. The Hall–Kier alpha value is -6.78. The maximum Gasteiger partial charge on any atom is 0.271 e. The third-order valence-corrected chi connectivity index (χ3v) is 13.1. The summed E-state index contributed by atoms with van der Waals surface area (Å²) in [6.45, 7) is 16.4. The molecule has 0 aliphatic carbocycles. The predicted molar refractivity (Wildman–Crippen MR) is 261 cm³/mol. The van der Waals surface area contributed by atoms with Crippen LogP contribution in [0.25, 0.3) is 44.6 Å². The fourth-order valence-electron chi connectivity index (χ4n) is 7.83. The number of primary amides is 2. The standard InChI is InChI=1S/2C24H26N6OS/c2*1-6-32-22-13(2)10-16(11-14(22)3)28-24-21(23(25)31)29-19(15(4)27-24)17-8-7-9-18-20(17)26-12-30(18)5/h2*7-12H,6H2,1-5H3,(H2,25,31)(H,27,28). The number of para-hydroxylation sites is 2. The van der Waals surface area contributed by atoms with Gasteiger partial charge in [-0.25, -0.2) is 29.9 Å². The first-order valence-electron chi connectivity index (χ1n) is 20.8. The summed E-state index contributed by atoms with van der Waals surface area (Å²) < 4.78 is 3.88. The van der Waals surface area contributed by atoms with Crippen LogP contribution in [0.1, 0.15) is 68.5 Å². The topological polar surface area (TPSA) is 197 Å². The number of amides is 2. The maximum absolute atomic E-state index is 12.3. The molecule has 16 heteroatoms. The van der Waals surface area contributed by atoms with E-state index in [1.54, 1.807) is 12.7 Å². The highest BCUT2D eigenvalue weighted by atomic mass is 32.2. The van der Waals surface area contributed by atoms with Gasteiger partial charge in [0.2, 0.25) is 0 Å². The lowest BCUT2D eigenvalue weighted by Crippen LogP contribution is -2.18. The van der Waals surface area contributed by atoms with Crippen molar-refractivity contribution in [2.75, 3.05) is 22.1 Å². The second-order valence-corrected chi connectivity index (χ2v) is 18.0. The van der Waals surface area contributed by atoms with E-state index in [0.717, 1.165) is 56.1 Å². The van der Waals surface area contributed by atoms with Crippen LogP contribution in [0.5, 0.6) is 0 Å². The lowest BCUT2D eigenvalue weighted by atomic mass is 10.1. The maximum atomic E-state index is 12.3. The number of carbonyl (C=O) groups excluding carboxylic acids is 2.